The molecular weight excluding hydrogens is 344 g/mol. The summed E-state index contributed by atoms with van der Waals surface area (Å²) in [5, 5.41) is 13.2. The molecule has 26 heavy (non-hydrogen) atoms. The quantitative estimate of drug-likeness (QED) is 0.766. The van der Waals surface area contributed by atoms with Crippen LogP contribution in [0.2, 0.25) is 0 Å². The molecule has 1 aliphatic heterocycles. The monoisotopic (exact) mass is 368 g/mol. The number of β-amino-alcohol motifs (C(OH)–C–C–N with tert-alkyl or cyclic N) is 1. The van der Waals surface area contributed by atoms with E-state index in [0.717, 1.165) is 53.6 Å². The zero-order valence-electron chi connectivity index (χ0n) is 15.2. The number of aromatic nitrogens is 2. The predicted octanol–water partition coefficient (Wildman–Crippen LogP) is 3.25. The van der Waals surface area contributed by atoms with Gasteiger partial charge in [0.2, 0.25) is 0 Å². The Kier molecular flexibility index (Phi) is 4.65. The summed E-state index contributed by atoms with van der Waals surface area (Å²) in [6.45, 7) is 8.09. The number of hydrogen-bond acceptors (Lipinski definition) is 6. The van der Waals surface area contributed by atoms with Crippen LogP contribution in [0.1, 0.15) is 13.8 Å². The summed E-state index contributed by atoms with van der Waals surface area (Å²) in [5.74, 6) is 1.81. The molecule has 3 heterocycles. The Labute approximate surface area is 157 Å². The average Bonchev–Trinajstić information content (AvgIpc) is 3.15. The summed E-state index contributed by atoms with van der Waals surface area (Å²) >= 11 is 1.67. The molecule has 0 spiro atoms. The highest BCUT2D eigenvalue weighted by Gasteiger charge is 2.24. The Morgan fingerprint density at radius 1 is 1.04 bits per heavy atom. The van der Waals surface area contributed by atoms with E-state index < -0.39 is 5.60 Å². The predicted molar refractivity (Wildman–Crippen MR) is 108 cm³/mol. The minimum absolute atomic E-state index is 0.657. The summed E-state index contributed by atoms with van der Waals surface area (Å²) in [4.78, 5) is 15.5. The van der Waals surface area contributed by atoms with Gasteiger partial charge in [-0.25, -0.2) is 9.97 Å². The first-order valence-electron chi connectivity index (χ1n) is 9.00. The van der Waals surface area contributed by atoms with Crippen LogP contribution in [0.25, 0.3) is 21.6 Å². The van der Waals surface area contributed by atoms with Crippen molar-refractivity contribution in [1.29, 1.82) is 0 Å². The summed E-state index contributed by atoms with van der Waals surface area (Å²) in [5.41, 5.74) is 0.329. The second kappa shape index (κ2) is 6.95. The molecule has 1 saturated heterocycles. The lowest BCUT2D eigenvalue weighted by molar-refractivity contribution is 0.0345. The van der Waals surface area contributed by atoms with Gasteiger partial charge in [-0.2, -0.15) is 0 Å². The average molecular weight is 369 g/mol. The smallest absolute Gasteiger partial charge is 0.172 e. The summed E-state index contributed by atoms with van der Waals surface area (Å²) in [7, 11) is 0. The Morgan fingerprint density at radius 3 is 2.50 bits per heavy atom. The molecule has 1 aliphatic rings. The summed E-state index contributed by atoms with van der Waals surface area (Å²) in [6, 6.07) is 12.3. The molecule has 1 fully saturated rings. The molecule has 0 saturated carbocycles. The zero-order valence-corrected chi connectivity index (χ0v) is 16.0. The van der Waals surface area contributed by atoms with Crippen molar-refractivity contribution in [1.82, 2.24) is 14.9 Å². The molecule has 1 N–H and O–H groups in total. The standard InChI is InChI=1S/C20H24N4OS/c1-20(2,25)14-23-9-11-24(12-10-23)19-15-6-3-4-7-16(15)21-18(22-19)17-8-5-13-26-17/h3-8,13,25H,9-12,14H2,1-2H3. The SMILES string of the molecule is CC(C)(O)CN1CCN(c2nc(-c3cccs3)nc3ccccc23)CC1. The third kappa shape index (κ3) is 3.72. The second-order valence-corrected chi connectivity index (χ2v) is 8.39. The van der Waals surface area contributed by atoms with Gasteiger partial charge in [-0.3, -0.25) is 4.90 Å². The largest absolute Gasteiger partial charge is 0.389 e. The fourth-order valence-electron chi connectivity index (χ4n) is 3.48. The van der Waals surface area contributed by atoms with Crippen LogP contribution in [0.4, 0.5) is 5.82 Å². The Bertz CT molecular complexity index is 880. The van der Waals surface area contributed by atoms with E-state index in [1.807, 2.05) is 32.0 Å². The van der Waals surface area contributed by atoms with Crippen molar-refractivity contribution in [2.45, 2.75) is 19.4 Å². The Balaban J connectivity index is 1.64. The van der Waals surface area contributed by atoms with E-state index >= 15 is 0 Å². The molecule has 0 aliphatic carbocycles. The molecule has 0 amide bonds. The topological polar surface area (TPSA) is 52.5 Å². The molecule has 1 aromatic carbocycles. The maximum Gasteiger partial charge on any atom is 0.172 e. The van der Waals surface area contributed by atoms with Crippen molar-refractivity contribution >= 4 is 28.1 Å². The maximum atomic E-state index is 10.1. The van der Waals surface area contributed by atoms with Gasteiger partial charge in [0.25, 0.3) is 0 Å². The number of benzene rings is 1. The Morgan fingerprint density at radius 2 is 1.81 bits per heavy atom. The molecule has 0 atom stereocenters. The highest BCUT2D eigenvalue weighted by Crippen LogP contribution is 2.30. The lowest BCUT2D eigenvalue weighted by atomic mass is 10.1. The lowest BCUT2D eigenvalue weighted by Gasteiger charge is -2.38. The number of rotatable bonds is 4. The minimum atomic E-state index is -0.657. The van der Waals surface area contributed by atoms with Gasteiger partial charge < -0.3 is 10.0 Å². The molecule has 0 radical (unpaired) electrons. The van der Waals surface area contributed by atoms with E-state index in [1.165, 1.54) is 0 Å². The van der Waals surface area contributed by atoms with Gasteiger partial charge in [0.15, 0.2) is 5.82 Å². The first-order valence-corrected chi connectivity index (χ1v) is 9.88. The molecule has 6 heteroatoms. The van der Waals surface area contributed by atoms with Crippen molar-refractivity contribution in [3.8, 4) is 10.7 Å². The van der Waals surface area contributed by atoms with E-state index in [9.17, 15) is 5.11 Å². The van der Waals surface area contributed by atoms with Gasteiger partial charge in [-0.1, -0.05) is 18.2 Å². The van der Waals surface area contributed by atoms with Gasteiger partial charge in [0.05, 0.1) is 16.0 Å². The van der Waals surface area contributed by atoms with Crippen molar-refractivity contribution in [3.05, 3.63) is 41.8 Å². The number of thiophene rings is 1. The number of para-hydroxylation sites is 1. The first-order chi connectivity index (χ1) is 12.5. The van der Waals surface area contributed by atoms with E-state index in [4.69, 9.17) is 9.97 Å². The highest BCUT2D eigenvalue weighted by atomic mass is 32.1. The number of nitrogens with zero attached hydrogens (tertiary/aromatic N) is 4. The molecule has 0 unspecified atom stereocenters. The van der Waals surface area contributed by atoms with Crippen LogP contribution in [-0.4, -0.2) is 58.3 Å². The van der Waals surface area contributed by atoms with E-state index in [0.29, 0.717) is 6.54 Å². The van der Waals surface area contributed by atoms with Crippen molar-refractivity contribution in [3.63, 3.8) is 0 Å². The highest BCUT2D eigenvalue weighted by molar-refractivity contribution is 7.13. The fourth-order valence-corrected chi connectivity index (χ4v) is 4.14. The van der Waals surface area contributed by atoms with Crippen LogP contribution < -0.4 is 4.90 Å². The molecule has 2 aromatic heterocycles. The fraction of sp³-hybridized carbons (Fsp3) is 0.400. The van der Waals surface area contributed by atoms with E-state index in [1.54, 1.807) is 11.3 Å². The Hall–Kier alpha value is -2.02. The summed E-state index contributed by atoms with van der Waals surface area (Å²) in [6.07, 6.45) is 0. The third-order valence-electron chi connectivity index (χ3n) is 4.61. The molecule has 3 aromatic rings. The van der Waals surface area contributed by atoms with Crippen LogP contribution in [-0.2, 0) is 0 Å². The van der Waals surface area contributed by atoms with Gasteiger partial charge in [0.1, 0.15) is 5.82 Å². The maximum absolute atomic E-state index is 10.1. The third-order valence-corrected chi connectivity index (χ3v) is 5.47. The van der Waals surface area contributed by atoms with Crippen LogP contribution >= 0.6 is 11.3 Å². The normalized spacial score (nSPS) is 16.3. The van der Waals surface area contributed by atoms with Crippen molar-refractivity contribution in [2.24, 2.45) is 0 Å². The van der Waals surface area contributed by atoms with Gasteiger partial charge in [0, 0.05) is 38.1 Å². The van der Waals surface area contributed by atoms with Crippen molar-refractivity contribution < 1.29 is 5.11 Å². The van der Waals surface area contributed by atoms with E-state index in [2.05, 4.69) is 33.4 Å². The molecular formula is C20H24N4OS. The second-order valence-electron chi connectivity index (χ2n) is 7.44. The van der Waals surface area contributed by atoms with Gasteiger partial charge in [-0.15, -0.1) is 11.3 Å². The van der Waals surface area contributed by atoms with E-state index in [-0.39, 0.29) is 0 Å². The minimum Gasteiger partial charge on any atom is -0.389 e. The van der Waals surface area contributed by atoms with Crippen LogP contribution in [0.3, 0.4) is 0 Å². The van der Waals surface area contributed by atoms with Crippen LogP contribution in [0.15, 0.2) is 41.8 Å². The molecule has 0 bridgehead atoms. The first kappa shape index (κ1) is 17.4. The number of piperazine rings is 1. The lowest BCUT2D eigenvalue weighted by Crippen LogP contribution is -2.50. The van der Waals surface area contributed by atoms with Crippen molar-refractivity contribution in [2.75, 3.05) is 37.6 Å². The number of anilines is 1. The van der Waals surface area contributed by atoms with Crippen LogP contribution in [0, 0.1) is 0 Å². The number of fused-ring (bicyclic) bond motifs is 1. The molecule has 136 valence electrons. The summed E-state index contributed by atoms with van der Waals surface area (Å²) < 4.78 is 0. The number of hydrogen-bond donors (Lipinski definition) is 1. The number of aliphatic hydroxyl groups is 1. The molecule has 4 rings (SSSR count). The van der Waals surface area contributed by atoms with Gasteiger partial charge in [-0.05, 0) is 37.4 Å². The van der Waals surface area contributed by atoms with Gasteiger partial charge >= 0.3 is 0 Å². The van der Waals surface area contributed by atoms with Crippen LogP contribution in [0.5, 0.6) is 0 Å². The zero-order chi connectivity index (χ0) is 18.1. The molecule has 5 nitrogen and oxygen atoms in total.